The fourth-order valence-electron chi connectivity index (χ4n) is 9.61. The number of hydrogen-bond acceptors (Lipinski definition) is 5. The Labute approximate surface area is 352 Å². The normalized spacial score (nSPS) is 11.9. The van der Waals surface area contributed by atoms with Gasteiger partial charge in [-0.15, -0.1) is 0 Å². The third kappa shape index (κ3) is 5.27. The molecule has 0 aliphatic rings. The number of fused-ring (bicyclic) bond motifs is 10. The molecule has 0 unspecified atom stereocenters. The Morgan fingerprint density at radius 2 is 0.754 bits per heavy atom. The first-order valence-corrected chi connectivity index (χ1v) is 20.8. The van der Waals surface area contributed by atoms with Gasteiger partial charge in [-0.3, -0.25) is 0 Å². The molecular weight excluding hydrogens is 749 g/mol. The molecule has 0 bridgehead atoms. The van der Waals surface area contributed by atoms with Crippen molar-refractivity contribution in [2.45, 2.75) is 27.7 Å². The molecule has 9 aromatic carbocycles. The Hall–Kier alpha value is -7.76. The molecule has 0 aliphatic carbocycles. The lowest BCUT2D eigenvalue weighted by Gasteiger charge is -2.31. The summed E-state index contributed by atoms with van der Waals surface area (Å²) in [5, 5.41) is 8.45. The molecule has 3 aromatic heterocycles. The predicted octanol–water partition coefficient (Wildman–Crippen LogP) is 16.7. The molecule has 61 heavy (non-hydrogen) atoms. The number of rotatable bonds is 6. The maximum atomic E-state index is 7.25. The zero-order chi connectivity index (χ0) is 40.9. The van der Waals surface area contributed by atoms with Gasteiger partial charge in [0.1, 0.15) is 16.7 Å². The minimum atomic E-state index is 0.769. The molecule has 12 rings (SSSR count). The van der Waals surface area contributed by atoms with Gasteiger partial charge in [0.15, 0.2) is 16.7 Å². The summed E-state index contributed by atoms with van der Waals surface area (Å²) in [6.07, 6.45) is 0. The van der Waals surface area contributed by atoms with Crippen LogP contribution in [0.2, 0.25) is 0 Å². The van der Waals surface area contributed by atoms with Crippen molar-refractivity contribution in [3.05, 3.63) is 192 Å². The lowest BCUT2D eigenvalue weighted by Crippen LogP contribution is -2.14. The van der Waals surface area contributed by atoms with Gasteiger partial charge in [-0.05, 0) is 92.4 Å². The maximum absolute atomic E-state index is 7.25. The van der Waals surface area contributed by atoms with Gasteiger partial charge >= 0.3 is 0 Å². The van der Waals surface area contributed by atoms with Crippen molar-refractivity contribution in [1.82, 2.24) is 0 Å². The largest absolute Gasteiger partial charge is 0.454 e. The van der Waals surface area contributed by atoms with Crippen molar-refractivity contribution in [3.8, 4) is 0 Å². The summed E-state index contributed by atoms with van der Waals surface area (Å²) in [4.78, 5) is 4.74. The number of anilines is 6. The van der Waals surface area contributed by atoms with E-state index in [1.165, 1.54) is 0 Å². The van der Waals surface area contributed by atoms with E-state index in [0.29, 0.717) is 0 Å². The highest BCUT2D eigenvalue weighted by Gasteiger charge is 2.31. The minimum Gasteiger partial charge on any atom is -0.454 e. The molecule has 3 heterocycles. The number of hydrogen-bond donors (Lipinski definition) is 0. The zero-order valence-corrected chi connectivity index (χ0v) is 34.3. The highest BCUT2D eigenvalue weighted by atomic mass is 16.3. The second-order valence-corrected chi connectivity index (χ2v) is 16.3. The molecule has 5 heteroatoms. The molecule has 0 spiro atoms. The van der Waals surface area contributed by atoms with Crippen molar-refractivity contribution in [3.63, 3.8) is 0 Å². The number of benzene rings is 9. The second kappa shape index (κ2) is 13.4. The van der Waals surface area contributed by atoms with Gasteiger partial charge in [0.05, 0.1) is 28.1 Å². The van der Waals surface area contributed by atoms with Crippen molar-refractivity contribution in [2.24, 2.45) is 0 Å². The van der Waals surface area contributed by atoms with Crippen LogP contribution in [0, 0.1) is 27.7 Å². The van der Waals surface area contributed by atoms with Crippen LogP contribution >= 0.6 is 0 Å². The predicted molar refractivity (Wildman–Crippen MR) is 254 cm³/mol. The van der Waals surface area contributed by atoms with E-state index in [9.17, 15) is 0 Å². The number of furan rings is 3. The van der Waals surface area contributed by atoms with E-state index in [2.05, 4.69) is 207 Å². The van der Waals surface area contributed by atoms with Gasteiger partial charge < -0.3 is 23.1 Å². The SMILES string of the molecule is Cc1cccc(N(c2cccc3c2oc2c(C)cccc23)c2c3ccccc3c(N(c3cccc(C)c3)c3cccc4c3oc3c(C)cccc34)c3c2oc2ccccc23)c1. The third-order valence-corrected chi connectivity index (χ3v) is 12.3. The molecule has 12 aromatic rings. The Bertz CT molecular complexity index is 3730. The Morgan fingerprint density at radius 1 is 0.328 bits per heavy atom. The summed E-state index contributed by atoms with van der Waals surface area (Å²) in [7, 11) is 0. The van der Waals surface area contributed by atoms with Crippen LogP contribution in [0.3, 0.4) is 0 Å². The van der Waals surface area contributed by atoms with Crippen LogP contribution in [-0.2, 0) is 0 Å². The average Bonchev–Trinajstić information content (AvgIpc) is 3.98. The summed E-state index contributed by atoms with van der Waals surface area (Å²) in [6.45, 7) is 8.52. The molecule has 0 saturated heterocycles. The lowest BCUT2D eigenvalue weighted by atomic mass is 9.97. The van der Waals surface area contributed by atoms with Crippen molar-refractivity contribution < 1.29 is 13.3 Å². The fourth-order valence-corrected chi connectivity index (χ4v) is 9.61. The average molecular weight is 789 g/mol. The van der Waals surface area contributed by atoms with Crippen LogP contribution < -0.4 is 9.80 Å². The van der Waals surface area contributed by atoms with E-state index in [1.54, 1.807) is 0 Å². The van der Waals surface area contributed by atoms with Crippen LogP contribution in [0.5, 0.6) is 0 Å². The first kappa shape index (κ1) is 35.2. The van der Waals surface area contributed by atoms with E-state index < -0.39 is 0 Å². The molecule has 292 valence electrons. The van der Waals surface area contributed by atoms with Crippen molar-refractivity contribution >= 4 is 111 Å². The maximum Gasteiger partial charge on any atom is 0.162 e. The van der Waals surface area contributed by atoms with Gasteiger partial charge in [0, 0.05) is 49.1 Å². The van der Waals surface area contributed by atoms with Gasteiger partial charge in [-0.1, -0.05) is 127 Å². The summed E-state index contributed by atoms with van der Waals surface area (Å²) in [5.41, 5.74) is 15.4. The van der Waals surface area contributed by atoms with E-state index in [1.807, 2.05) is 0 Å². The molecule has 0 atom stereocenters. The quantitative estimate of drug-likeness (QED) is 0.157. The number of nitrogens with zero attached hydrogens (tertiary/aromatic N) is 2. The van der Waals surface area contributed by atoms with Crippen LogP contribution in [0.4, 0.5) is 34.1 Å². The van der Waals surface area contributed by atoms with Gasteiger partial charge in [0.2, 0.25) is 0 Å². The van der Waals surface area contributed by atoms with Gasteiger partial charge in [-0.2, -0.15) is 0 Å². The molecule has 0 saturated carbocycles. The number of aryl methyl sites for hydroxylation is 4. The van der Waals surface area contributed by atoms with E-state index in [-0.39, 0.29) is 0 Å². The highest BCUT2D eigenvalue weighted by Crippen LogP contribution is 2.55. The van der Waals surface area contributed by atoms with E-state index in [0.717, 1.165) is 133 Å². The minimum absolute atomic E-state index is 0.769. The topological polar surface area (TPSA) is 45.9 Å². The molecule has 0 aliphatic heterocycles. The second-order valence-electron chi connectivity index (χ2n) is 16.3. The molecule has 0 radical (unpaired) electrons. The van der Waals surface area contributed by atoms with Crippen LogP contribution in [0.25, 0.3) is 76.6 Å². The Morgan fingerprint density at radius 3 is 1.30 bits per heavy atom. The standard InChI is InChI=1S/C56H40N2O3/c1-33-15-9-19-37(31-33)57(46-28-13-26-43-41-24-11-17-35(3)52(41)60-54(43)46)50-39-21-5-6-22-40(39)51(56-49(50)45-23-7-8-30-48(45)59-56)58(38-20-10-16-34(2)32-38)47-29-14-27-44-42-25-12-18-36(4)53(42)61-55(44)47/h5-32H,1-4H3. The van der Waals surface area contributed by atoms with Crippen LogP contribution in [0.1, 0.15) is 22.3 Å². The molecular formula is C56H40N2O3. The van der Waals surface area contributed by atoms with Crippen LogP contribution in [-0.4, -0.2) is 0 Å². The van der Waals surface area contributed by atoms with Gasteiger partial charge in [-0.25, -0.2) is 0 Å². The zero-order valence-electron chi connectivity index (χ0n) is 34.3. The molecule has 5 nitrogen and oxygen atoms in total. The smallest absolute Gasteiger partial charge is 0.162 e. The summed E-state index contributed by atoms with van der Waals surface area (Å²) in [6, 6.07) is 60.3. The summed E-state index contributed by atoms with van der Waals surface area (Å²) in [5.74, 6) is 0. The molecule has 0 N–H and O–H groups in total. The number of para-hydroxylation sites is 5. The van der Waals surface area contributed by atoms with Crippen molar-refractivity contribution in [1.29, 1.82) is 0 Å². The summed E-state index contributed by atoms with van der Waals surface area (Å²) >= 11 is 0. The van der Waals surface area contributed by atoms with Gasteiger partial charge in [0.25, 0.3) is 0 Å². The molecule has 0 amide bonds. The van der Waals surface area contributed by atoms with Crippen LogP contribution in [0.15, 0.2) is 183 Å². The van der Waals surface area contributed by atoms with E-state index in [4.69, 9.17) is 13.3 Å². The molecule has 0 fully saturated rings. The monoisotopic (exact) mass is 788 g/mol. The highest BCUT2D eigenvalue weighted by molar-refractivity contribution is 6.29. The Kier molecular flexibility index (Phi) is 7.72. The third-order valence-electron chi connectivity index (χ3n) is 12.3. The summed E-state index contributed by atoms with van der Waals surface area (Å²) < 4.78 is 21.1. The Balaban J connectivity index is 1.26. The lowest BCUT2D eigenvalue weighted by molar-refractivity contribution is 0.664. The first-order valence-electron chi connectivity index (χ1n) is 20.8. The first-order chi connectivity index (χ1) is 29.9. The van der Waals surface area contributed by atoms with E-state index >= 15 is 0 Å². The van der Waals surface area contributed by atoms with Crippen molar-refractivity contribution in [2.75, 3.05) is 9.80 Å². The fraction of sp³-hybridized carbons (Fsp3) is 0.0714.